The molecule has 0 aromatic heterocycles. The maximum absolute atomic E-state index is 6.05. The fraction of sp³-hybridized carbons (Fsp3) is 0.455. The molecule has 0 amide bonds. The van der Waals surface area contributed by atoms with E-state index >= 15 is 0 Å². The molecule has 0 radical (unpaired) electrons. The van der Waals surface area contributed by atoms with E-state index in [1.165, 1.54) is 0 Å². The summed E-state index contributed by atoms with van der Waals surface area (Å²) in [5.74, 6) is 2.06. The normalized spacial score (nSPS) is 19.6. The van der Waals surface area contributed by atoms with Gasteiger partial charge in [-0.1, -0.05) is 30.3 Å². The highest BCUT2D eigenvalue weighted by Gasteiger charge is 2.23. The Morgan fingerprint density at radius 2 is 1.64 bits per heavy atom. The van der Waals surface area contributed by atoms with E-state index in [-0.39, 0.29) is 12.4 Å². The van der Waals surface area contributed by atoms with E-state index in [9.17, 15) is 0 Å². The van der Waals surface area contributed by atoms with Crippen LogP contribution < -0.4 is 19.5 Å². The lowest BCUT2D eigenvalue weighted by Gasteiger charge is -2.37. The van der Waals surface area contributed by atoms with Gasteiger partial charge in [-0.05, 0) is 37.1 Å². The van der Waals surface area contributed by atoms with E-state index in [0.717, 1.165) is 30.8 Å². The zero-order chi connectivity index (χ0) is 19.2. The Balaban J connectivity index is 0.00000280. The van der Waals surface area contributed by atoms with Gasteiger partial charge in [-0.25, -0.2) is 0 Å². The second-order valence-electron chi connectivity index (χ2n) is 7.19. The number of hydrogen-bond acceptors (Lipinski definition) is 5. The van der Waals surface area contributed by atoms with Gasteiger partial charge in [0.1, 0.15) is 6.61 Å². The molecule has 1 heterocycles. The summed E-state index contributed by atoms with van der Waals surface area (Å²) >= 11 is 0. The van der Waals surface area contributed by atoms with Crippen LogP contribution in [0, 0.1) is 0 Å². The van der Waals surface area contributed by atoms with Crippen LogP contribution in [0.15, 0.2) is 42.5 Å². The number of hydrogen-bond donors (Lipinski definition) is 1. The Bertz CT molecular complexity index is 717. The minimum Gasteiger partial charge on any atom is -0.493 e. The minimum absolute atomic E-state index is 0. The van der Waals surface area contributed by atoms with Crippen molar-refractivity contribution in [3.8, 4) is 17.2 Å². The van der Waals surface area contributed by atoms with Gasteiger partial charge in [-0.3, -0.25) is 4.90 Å². The van der Waals surface area contributed by atoms with Gasteiger partial charge in [-0.2, -0.15) is 0 Å². The molecule has 6 heteroatoms. The van der Waals surface area contributed by atoms with E-state index in [1.54, 1.807) is 14.2 Å². The maximum Gasteiger partial charge on any atom is 0.203 e. The smallest absolute Gasteiger partial charge is 0.203 e. The van der Waals surface area contributed by atoms with Gasteiger partial charge in [-0.15, -0.1) is 12.4 Å². The Morgan fingerprint density at radius 1 is 1.00 bits per heavy atom. The van der Waals surface area contributed by atoms with Crippen molar-refractivity contribution in [1.82, 2.24) is 10.2 Å². The second-order valence-corrected chi connectivity index (χ2v) is 7.19. The molecule has 1 aliphatic heterocycles. The number of rotatable bonds is 7. The Labute approximate surface area is 174 Å². The molecule has 0 saturated carbocycles. The molecule has 0 aliphatic carbocycles. The van der Waals surface area contributed by atoms with Crippen molar-refractivity contribution in [2.45, 2.75) is 39.1 Å². The molecular weight excluding hydrogens is 376 g/mol. The van der Waals surface area contributed by atoms with Crippen molar-refractivity contribution < 1.29 is 14.2 Å². The summed E-state index contributed by atoms with van der Waals surface area (Å²) in [6.07, 6.45) is 0. The molecule has 0 bridgehead atoms. The van der Waals surface area contributed by atoms with E-state index in [4.69, 9.17) is 14.2 Å². The predicted molar refractivity (Wildman–Crippen MR) is 115 cm³/mol. The van der Waals surface area contributed by atoms with E-state index in [2.05, 4.69) is 36.2 Å². The molecule has 2 unspecified atom stereocenters. The highest BCUT2D eigenvalue weighted by molar-refractivity contribution is 5.85. The molecule has 0 spiro atoms. The minimum atomic E-state index is 0. The second kappa shape index (κ2) is 10.6. The summed E-state index contributed by atoms with van der Waals surface area (Å²) < 4.78 is 17.3. The summed E-state index contributed by atoms with van der Waals surface area (Å²) in [6, 6.07) is 15.2. The lowest BCUT2D eigenvalue weighted by atomic mass is 10.1. The fourth-order valence-corrected chi connectivity index (χ4v) is 3.45. The number of piperazine rings is 1. The molecular formula is C22H31ClN2O3. The zero-order valence-corrected chi connectivity index (χ0v) is 17.9. The Kier molecular flexibility index (Phi) is 8.42. The molecule has 2 aromatic carbocycles. The van der Waals surface area contributed by atoms with Crippen LogP contribution in [0.3, 0.4) is 0 Å². The van der Waals surface area contributed by atoms with Crippen molar-refractivity contribution in [3.63, 3.8) is 0 Å². The van der Waals surface area contributed by atoms with Crippen LogP contribution in [0.25, 0.3) is 0 Å². The van der Waals surface area contributed by atoms with Crippen molar-refractivity contribution >= 4 is 12.4 Å². The highest BCUT2D eigenvalue weighted by atomic mass is 35.5. The van der Waals surface area contributed by atoms with E-state index in [0.29, 0.717) is 35.9 Å². The first-order valence-corrected chi connectivity index (χ1v) is 9.49. The summed E-state index contributed by atoms with van der Waals surface area (Å²) in [5.41, 5.74) is 2.27. The predicted octanol–water partition coefficient (Wildman–Crippen LogP) is 3.89. The van der Waals surface area contributed by atoms with Crippen LogP contribution in [0.4, 0.5) is 0 Å². The number of nitrogens with one attached hydrogen (secondary N) is 1. The number of halogens is 1. The third-order valence-electron chi connectivity index (χ3n) is 5.03. The molecule has 2 atom stereocenters. The summed E-state index contributed by atoms with van der Waals surface area (Å²) in [7, 11) is 3.34. The number of nitrogens with zero attached hydrogens (tertiary/aromatic N) is 1. The monoisotopic (exact) mass is 406 g/mol. The quantitative estimate of drug-likeness (QED) is 0.755. The Hall–Kier alpha value is -1.95. The van der Waals surface area contributed by atoms with Crippen molar-refractivity contribution in [1.29, 1.82) is 0 Å². The molecule has 1 N–H and O–H groups in total. The third-order valence-corrected chi connectivity index (χ3v) is 5.03. The molecule has 1 aliphatic rings. The highest BCUT2D eigenvalue weighted by Crippen LogP contribution is 2.39. The Morgan fingerprint density at radius 3 is 2.25 bits per heavy atom. The zero-order valence-electron chi connectivity index (χ0n) is 17.1. The number of ether oxygens (including phenoxy) is 3. The lowest BCUT2D eigenvalue weighted by Crippen LogP contribution is -2.53. The molecule has 1 saturated heterocycles. The molecule has 3 rings (SSSR count). The summed E-state index contributed by atoms with van der Waals surface area (Å²) in [6.45, 7) is 7.84. The van der Waals surface area contributed by atoms with E-state index in [1.807, 2.05) is 30.3 Å². The van der Waals surface area contributed by atoms with E-state index < -0.39 is 0 Å². The van der Waals surface area contributed by atoms with Gasteiger partial charge < -0.3 is 19.5 Å². The maximum atomic E-state index is 6.05. The average Bonchev–Trinajstić information content (AvgIpc) is 2.69. The van der Waals surface area contributed by atoms with Gasteiger partial charge in [0.15, 0.2) is 11.5 Å². The summed E-state index contributed by atoms with van der Waals surface area (Å²) in [4.78, 5) is 2.49. The number of methoxy groups -OCH3 is 2. The van der Waals surface area contributed by atoms with Crippen LogP contribution in [0.2, 0.25) is 0 Å². The van der Waals surface area contributed by atoms with Gasteiger partial charge >= 0.3 is 0 Å². The first kappa shape index (κ1) is 22.3. The van der Waals surface area contributed by atoms with Crippen LogP contribution in [-0.2, 0) is 13.2 Å². The molecule has 28 heavy (non-hydrogen) atoms. The third kappa shape index (κ3) is 5.53. The standard InChI is InChI=1S/C22H30N2O3.ClH/c1-16-13-24(17(2)12-23-16)14-19-10-20(25-3)22(21(11-19)26-4)27-15-18-8-6-5-7-9-18;/h5-11,16-17,23H,12-15H2,1-4H3;1H. The topological polar surface area (TPSA) is 43.0 Å². The number of benzene rings is 2. The van der Waals surface area contributed by atoms with Gasteiger partial charge in [0.05, 0.1) is 14.2 Å². The van der Waals surface area contributed by atoms with Gasteiger partial charge in [0.25, 0.3) is 0 Å². The van der Waals surface area contributed by atoms with Crippen LogP contribution in [0.1, 0.15) is 25.0 Å². The van der Waals surface area contributed by atoms with Crippen molar-refractivity contribution in [2.75, 3.05) is 27.3 Å². The first-order valence-electron chi connectivity index (χ1n) is 9.49. The largest absolute Gasteiger partial charge is 0.493 e. The lowest BCUT2D eigenvalue weighted by molar-refractivity contribution is 0.138. The molecule has 2 aromatic rings. The van der Waals surface area contributed by atoms with Crippen molar-refractivity contribution in [3.05, 3.63) is 53.6 Å². The fourth-order valence-electron chi connectivity index (χ4n) is 3.45. The van der Waals surface area contributed by atoms with Crippen LogP contribution in [0.5, 0.6) is 17.2 Å². The SMILES string of the molecule is COc1cc(CN2CC(C)NCC2C)cc(OC)c1OCc1ccccc1.Cl. The van der Waals surface area contributed by atoms with Gasteiger partial charge in [0, 0.05) is 31.7 Å². The average molecular weight is 407 g/mol. The van der Waals surface area contributed by atoms with Gasteiger partial charge in [0.2, 0.25) is 5.75 Å². The van der Waals surface area contributed by atoms with Crippen LogP contribution >= 0.6 is 12.4 Å². The van der Waals surface area contributed by atoms with Crippen molar-refractivity contribution in [2.24, 2.45) is 0 Å². The molecule has 154 valence electrons. The first-order chi connectivity index (χ1) is 13.1. The molecule has 1 fully saturated rings. The summed E-state index contributed by atoms with van der Waals surface area (Å²) in [5, 5.41) is 3.52. The molecule has 5 nitrogen and oxygen atoms in total. The van der Waals surface area contributed by atoms with Crippen LogP contribution in [-0.4, -0.2) is 44.3 Å².